The van der Waals surface area contributed by atoms with Gasteiger partial charge in [0.15, 0.2) is 5.78 Å². The first-order chi connectivity index (χ1) is 10.6. The number of hydrogen-bond acceptors (Lipinski definition) is 3. The van der Waals surface area contributed by atoms with Gasteiger partial charge in [0, 0.05) is 28.8 Å². The molecule has 112 valence electrons. The average Bonchev–Trinajstić information content (AvgIpc) is 2.52. The maximum atomic E-state index is 12.1. The summed E-state index contributed by atoms with van der Waals surface area (Å²) >= 11 is 3.37. The van der Waals surface area contributed by atoms with Crippen LogP contribution in [0, 0.1) is 0 Å². The highest BCUT2D eigenvalue weighted by molar-refractivity contribution is 9.10. The molecule has 0 aliphatic rings. The van der Waals surface area contributed by atoms with Crippen LogP contribution in [0.5, 0.6) is 0 Å². The van der Waals surface area contributed by atoms with Crippen LogP contribution in [0.4, 0.5) is 5.69 Å². The first-order valence-corrected chi connectivity index (χ1v) is 7.45. The van der Waals surface area contributed by atoms with Crippen LogP contribution in [0.25, 0.3) is 0 Å². The molecule has 0 fully saturated rings. The van der Waals surface area contributed by atoms with Gasteiger partial charge < -0.3 is 10.6 Å². The van der Waals surface area contributed by atoms with Gasteiger partial charge in [0.05, 0.1) is 0 Å². The van der Waals surface area contributed by atoms with Crippen molar-refractivity contribution < 1.29 is 9.59 Å². The van der Waals surface area contributed by atoms with Crippen LogP contribution in [-0.2, 0) is 4.79 Å². The topological polar surface area (TPSA) is 58.2 Å². The molecule has 5 heteroatoms. The summed E-state index contributed by atoms with van der Waals surface area (Å²) in [6.45, 7) is 1.40. The highest BCUT2D eigenvalue weighted by Gasteiger charge is 2.10. The third kappa shape index (κ3) is 4.56. The van der Waals surface area contributed by atoms with E-state index in [4.69, 9.17) is 0 Å². The molecule has 0 aliphatic carbocycles. The molecular formula is C17H15BrN2O2. The van der Waals surface area contributed by atoms with Gasteiger partial charge in [-0.05, 0) is 30.3 Å². The minimum absolute atomic E-state index is 0.203. The predicted octanol–water partition coefficient (Wildman–Crippen LogP) is 3.72. The fraction of sp³-hybridized carbons (Fsp3) is 0.0588. The molecule has 0 radical (unpaired) electrons. The number of halogens is 1. The summed E-state index contributed by atoms with van der Waals surface area (Å²) in [5.41, 5.74) is 1.51. The summed E-state index contributed by atoms with van der Waals surface area (Å²) < 4.78 is 0.920. The fourth-order valence-corrected chi connectivity index (χ4v) is 2.14. The Morgan fingerprint density at radius 3 is 2.41 bits per heavy atom. The van der Waals surface area contributed by atoms with E-state index in [1.807, 2.05) is 30.3 Å². The van der Waals surface area contributed by atoms with Crippen LogP contribution in [0.2, 0.25) is 0 Å². The van der Waals surface area contributed by atoms with E-state index in [1.165, 1.54) is 13.1 Å². The van der Waals surface area contributed by atoms with Crippen molar-refractivity contribution >= 4 is 33.3 Å². The van der Waals surface area contributed by atoms with Crippen LogP contribution < -0.4 is 10.6 Å². The van der Waals surface area contributed by atoms with Crippen molar-refractivity contribution in [2.75, 3.05) is 5.32 Å². The Morgan fingerprint density at radius 2 is 1.77 bits per heavy atom. The molecule has 22 heavy (non-hydrogen) atoms. The Morgan fingerprint density at radius 1 is 1.05 bits per heavy atom. The van der Waals surface area contributed by atoms with E-state index in [2.05, 4.69) is 26.6 Å². The molecule has 0 saturated heterocycles. The van der Waals surface area contributed by atoms with E-state index < -0.39 is 0 Å². The molecule has 0 aliphatic heterocycles. The monoisotopic (exact) mass is 358 g/mol. The Hall–Kier alpha value is -2.40. The quantitative estimate of drug-likeness (QED) is 0.800. The number of nitrogens with one attached hydrogen (secondary N) is 2. The molecular weight excluding hydrogens is 344 g/mol. The normalized spacial score (nSPS) is 10.9. The van der Waals surface area contributed by atoms with Crippen molar-refractivity contribution in [1.29, 1.82) is 0 Å². The number of carbonyl (C=O) groups is 2. The fourth-order valence-electron chi connectivity index (χ4n) is 1.74. The molecule has 0 unspecified atom stereocenters. The molecule has 2 rings (SSSR count). The smallest absolute Gasteiger partial charge is 0.255 e. The van der Waals surface area contributed by atoms with Gasteiger partial charge in [0.25, 0.3) is 5.91 Å². The lowest BCUT2D eigenvalue weighted by molar-refractivity contribution is -0.113. The minimum atomic E-state index is -0.321. The molecule has 0 saturated carbocycles. The number of hydrogen-bond donors (Lipinski definition) is 2. The van der Waals surface area contributed by atoms with Gasteiger partial charge in [-0.3, -0.25) is 9.59 Å². The van der Waals surface area contributed by atoms with Crippen LogP contribution in [0.1, 0.15) is 17.3 Å². The summed E-state index contributed by atoms with van der Waals surface area (Å²) in [4.78, 5) is 23.8. The average molecular weight is 359 g/mol. The third-order valence-corrected chi connectivity index (χ3v) is 3.36. The second kappa shape index (κ2) is 7.56. The van der Waals surface area contributed by atoms with Crippen LogP contribution in [0.15, 0.2) is 71.0 Å². The number of Topliss-reactive ketones (excluding diaryl/α,β-unsaturated/α-hetero) is 1. The zero-order chi connectivity index (χ0) is 15.9. The van der Waals surface area contributed by atoms with Gasteiger partial charge in [0.2, 0.25) is 0 Å². The number of anilines is 1. The van der Waals surface area contributed by atoms with E-state index in [0.717, 1.165) is 10.2 Å². The van der Waals surface area contributed by atoms with Crippen molar-refractivity contribution in [3.05, 3.63) is 76.5 Å². The maximum Gasteiger partial charge on any atom is 0.255 e. The molecule has 0 heterocycles. The lowest BCUT2D eigenvalue weighted by Gasteiger charge is -2.08. The summed E-state index contributed by atoms with van der Waals surface area (Å²) in [7, 11) is 0. The van der Waals surface area contributed by atoms with Crippen molar-refractivity contribution in [2.24, 2.45) is 0 Å². The molecule has 0 bridgehead atoms. The molecule has 2 aromatic rings. The number of allylic oxidation sites excluding steroid dienone is 1. The Balaban J connectivity index is 2.11. The molecule has 1 amide bonds. The van der Waals surface area contributed by atoms with Gasteiger partial charge >= 0.3 is 0 Å². The van der Waals surface area contributed by atoms with E-state index in [9.17, 15) is 9.59 Å². The molecule has 0 aromatic heterocycles. The van der Waals surface area contributed by atoms with Crippen molar-refractivity contribution in [1.82, 2.24) is 5.32 Å². The number of ketones is 1. The molecule has 0 spiro atoms. The van der Waals surface area contributed by atoms with E-state index in [1.54, 1.807) is 24.3 Å². The van der Waals surface area contributed by atoms with Crippen molar-refractivity contribution in [3.63, 3.8) is 0 Å². The van der Waals surface area contributed by atoms with Gasteiger partial charge in [0.1, 0.15) is 5.70 Å². The molecule has 0 atom stereocenters. The van der Waals surface area contributed by atoms with Crippen molar-refractivity contribution in [2.45, 2.75) is 6.92 Å². The second-order valence-electron chi connectivity index (χ2n) is 4.59. The van der Waals surface area contributed by atoms with Gasteiger partial charge in [-0.25, -0.2) is 0 Å². The predicted molar refractivity (Wildman–Crippen MR) is 90.4 cm³/mol. The number of amides is 1. The molecule has 4 nitrogen and oxygen atoms in total. The summed E-state index contributed by atoms with van der Waals surface area (Å²) in [5, 5.41) is 5.61. The third-order valence-electron chi connectivity index (χ3n) is 2.87. The van der Waals surface area contributed by atoms with Gasteiger partial charge in [-0.2, -0.15) is 0 Å². The number of rotatable bonds is 5. The molecule has 2 N–H and O–H groups in total. The first kappa shape index (κ1) is 16.0. The highest BCUT2D eigenvalue weighted by Crippen LogP contribution is 2.15. The van der Waals surface area contributed by atoms with E-state index in [-0.39, 0.29) is 17.4 Å². The highest BCUT2D eigenvalue weighted by atomic mass is 79.9. The number of benzene rings is 2. The molecule has 2 aromatic carbocycles. The zero-order valence-electron chi connectivity index (χ0n) is 12.0. The Bertz CT molecular complexity index is 712. The van der Waals surface area contributed by atoms with Gasteiger partial charge in [-0.15, -0.1) is 0 Å². The Labute approximate surface area is 137 Å². The second-order valence-corrected chi connectivity index (χ2v) is 5.50. The standard InChI is InChI=1S/C17H15BrN2O2/c1-12(21)16(11-19-15-9-5-8-14(18)10-15)20-17(22)13-6-3-2-4-7-13/h2-11,19H,1H3,(H,20,22)/b16-11-. The lowest BCUT2D eigenvalue weighted by Crippen LogP contribution is -2.27. The van der Waals surface area contributed by atoms with Crippen LogP contribution in [-0.4, -0.2) is 11.7 Å². The number of carbonyl (C=O) groups excluding carboxylic acids is 2. The van der Waals surface area contributed by atoms with Crippen LogP contribution >= 0.6 is 15.9 Å². The first-order valence-electron chi connectivity index (χ1n) is 6.66. The maximum absolute atomic E-state index is 12.1. The Kier molecular flexibility index (Phi) is 5.49. The summed E-state index contributed by atoms with van der Waals surface area (Å²) in [6, 6.07) is 16.2. The van der Waals surface area contributed by atoms with Gasteiger partial charge in [-0.1, -0.05) is 40.2 Å². The van der Waals surface area contributed by atoms with E-state index in [0.29, 0.717) is 5.56 Å². The lowest BCUT2D eigenvalue weighted by atomic mass is 10.2. The summed E-state index contributed by atoms with van der Waals surface area (Å²) in [6.07, 6.45) is 1.49. The van der Waals surface area contributed by atoms with Crippen LogP contribution in [0.3, 0.4) is 0 Å². The summed E-state index contributed by atoms with van der Waals surface area (Å²) in [5.74, 6) is -0.551. The largest absolute Gasteiger partial charge is 0.360 e. The van der Waals surface area contributed by atoms with E-state index >= 15 is 0 Å². The zero-order valence-corrected chi connectivity index (χ0v) is 13.6. The minimum Gasteiger partial charge on any atom is -0.360 e. The van der Waals surface area contributed by atoms with Crippen molar-refractivity contribution in [3.8, 4) is 0 Å². The SMILES string of the molecule is CC(=O)/C(=C/Nc1cccc(Br)c1)NC(=O)c1ccccc1.